The first kappa shape index (κ1) is 25.4. The molecule has 3 fully saturated rings. The summed E-state index contributed by atoms with van der Waals surface area (Å²) >= 11 is 0. The van der Waals surface area contributed by atoms with Crippen LogP contribution in [0.5, 0.6) is 0 Å². The fourth-order valence-corrected chi connectivity index (χ4v) is 6.74. The normalized spacial score (nSPS) is 24.1. The first-order valence-corrected chi connectivity index (χ1v) is 13.9. The van der Waals surface area contributed by atoms with Crippen molar-refractivity contribution >= 4 is 5.82 Å². The summed E-state index contributed by atoms with van der Waals surface area (Å²) in [6.07, 6.45) is 4.57. The van der Waals surface area contributed by atoms with Gasteiger partial charge in [0.25, 0.3) is 0 Å². The molecule has 0 radical (unpaired) electrons. The van der Waals surface area contributed by atoms with Crippen LogP contribution < -0.4 is 5.32 Å². The number of fused-ring (bicyclic) bond motifs is 1. The molecule has 5 nitrogen and oxygen atoms in total. The molecule has 200 valence electrons. The zero-order valence-electron chi connectivity index (χ0n) is 22.2. The van der Waals surface area contributed by atoms with Gasteiger partial charge in [0.15, 0.2) is 5.82 Å². The SMILES string of the molecule is Cc1ccc(F)cc1-c1cc(-c2cc(F)ccc2C)c(NC2C[C@@H]3CN(CC4CCOCC4)C[C@@H]3C2)nn1. The number of aromatic nitrogens is 2. The molecule has 3 atom stereocenters. The molecule has 1 aromatic heterocycles. The van der Waals surface area contributed by atoms with Crippen molar-refractivity contribution in [3.8, 4) is 22.4 Å². The minimum absolute atomic E-state index is 0.295. The molecule has 0 spiro atoms. The van der Waals surface area contributed by atoms with Crippen molar-refractivity contribution in [3.63, 3.8) is 0 Å². The number of nitrogens with zero attached hydrogens (tertiary/aromatic N) is 3. The van der Waals surface area contributed by atoms with E-state index in [1.807, 2.05) is 19.9 Å². The third kappa shape index (κ3) is 5.32. The van der Waals surface area contributed by atoms with E-state index in [2.05, 4.69) is 20.4 Å². The van der Waals surface area contributed by atoms with Crippen LogP contribution in [0.15, 0.2) is 42.5 Å². The lowest BCUT2D eigenvalue weighted by atomic mass is 9.98. The number of benzene rings is 2. The second-order valence-corrected chi connectivity index (χ2v) is 11.5. The predicted octanol–water partition coefficient (Wildman–Crippen LogP) is 6.25. The Bertz CT molecular complexity index is 1300. The summed E-state index contributed by atoms with van der Waals surface area (Å²) in [5.41, 5.74) is 4.72. The Kier molecular flexibility index (Phi) is 7.14. The number of ether oxygens (including phenoxy) is 1. The molecule has 7 heteroatoms. The molecule has 1 N–H and O–H groups in total. The van der Waals surface area contributed by atoms with E-state index >= 15 is 0 Å². The molecule has 2 saturated heterocycles. The van der Waals surface area contributed by atoms with Gasteiger partial charge in [-0.2, -0.15) is 0 Å². The number of aryl methyl sites for hydroxylation is 2. The molecular formula is C31H36F2N4O. The predicted molar refractivity (Wildman–Crippen MR) is 146 cm³/mol. The van der Waals surface area contributed by atoms with E-state index in [0.29, 0.717) is 35.0 Å². The average molecular weight is 519 g/mol. The van der Waals surface area contributed by atoms with Crippen molar-refractivity contribution in [3.05, 3.63) is 65.2 Å². The van der Waals surface area contributed by atoms with Crippen LogP contribution in [0, 0.1) is 43.2 Å². The van der Waals surface area contributed by atoms with Crippen molar-refractivity contribution in [1.29, 1.82) is 0 Å². The first-order chi connectivity index (χ1) is 18.4. The smallest absolute Gasteiger partial charge is 0.156 e. The van der Waals surface area contributed by atoms with E-state index in [-0.39, 0.29) is 11.6 Å². The average Bonchev–Trinajstić information content (AvgIpc) is 3.46. The molecule has 3 aliphatic rings. The van der Waals surface area contributed by atoms with Gasteiger partial charge in [-0.25, -0.2) is 8.78 Å². The third-order valence-corrected chi connectivity index (χ3v) is 8.78. The molecule has 38 heavy (non-hydrogen) atoms. The lowest BCUT2D eigenvalue weighted by Gasteiger charge is -2.28. The van der Waals surface area contributed by atoms with Crippen LogP contribution in [-0.4, -0.2) is 54.0 Å². The Labute approximate surface area is 223 Å². The van der Waals surface area contributed by atoms with E-state index in [0.717, 1.165) is 54.2 Å². The number of likely N-dealkylation sites (tertiary alicyclic amines) is 1. The fraction of sp³-hybridized carbons (Fsp3) is 0.484. The minimum Gasteiger partial charge on any atom is -0.381 e. The summed E-state index contributed by atoms with van der Waals surface area (Å²) < 4.78 is 34.0. The van der Waals surface area contributed by atoms with Gasteiger partial charge in [0.2, 0.25) is 0 Å². The quantitative estimate of drug-likeness (QED) is 0.418. The van der Waals surface area contributed by atoms with Gasteiger partial charge < -0.3 is 15.0 Å². The van der Waals surface area contributed by atoms with Crippen molar-refractivity contribution in [2.45, 2.75) is 45.6 Å². The van der Waals surface area contributed by atoms with Crippen LogP contribution in [0.3, 0.4) is 0 Å². The molecule has 1 saturated carbocycles. The van der Waals surface area contributed by atoms with E-state index in [9.17, 15) is 8.78 Å². The summed E-state index contributed by atoms with van der Waals surface area (Å²) in [5, 5.41) is 12.8. The number of nitrogens with one attached hydrogen (secondary N) is 1. The fourth-order valence-electron chi connectivity index (χ4n) is 6.74. The molecule has 0 bridgehead atoms. The van der Waals surface area contributed by atoms with Crippen molar-refractivity contribution < 1.29 is 13.5 Å². The van der Waals surface area contributed by atoms with Gasteiger partial charge in [0, 0.05) is 50.0 Å². The highest BCUT2D eigenvalue weighted by Crippen LogP contribution is 2.41. The van der Waals surface area contributed by atoms with Gasteiger partial charge in [-0.3, -0.25) is 0 Å². The number of hydrogen-bond acceptors (Lipinski definition) is 5. The Hall–Kier alpha value is -2.90. The topological polar surface area (TPSA) is 50.3 Å². The van der Waals surface area contributed by atoms with Gasteiger partial charge in [-0.15, -0.1) is 10.2 Å². The molecular weight excluding hydrogens is 482 g/mol. The van der Waals surface area contributed by atoms with Crippen molar-refractivity contribution in [2.75, 3.05) is 38.2 Å². The number of halogens is 2. The van der Waals surface area contributed by atoms with Gasteiger partial charge in [0.1, 0.15) is 11.6 Å². The number of hydrogen-bond donors (Lipinski definition) is 1. The molecule has 6 rings (SSSR count). The van der Waals surface area contributed by atoms with Gasteiger partial charge >= 0.3 is 0 Å². The summed E-state index contributed by atoms with van der Waals surface area (Å²) in [4.78, 5) is 2.67. The zero-order chi connectivity index (χ0) is 26.2. The van der Waals surface area contributed by atoms with Crippen LogP contribution in [0.25, 0.3) is 22.4 Å². The molecule has 3 aromatic rings. The second-order valence-electron chi connectivity index (χ2n) is 11.5. The Morgan fingerprint density at radius 2 is 1.47 bits per heavy atom. The molecule has 1 unspecified atom stereocenters. The Morgan fingerprint density at radius 1 is 0.842 bits per heavy atom. The number of anilines is 1. The maximum atomic E-state index is 14.4. The van der Waals surface area contributed by atoms with Crippen molar-refractivity contribution in [2.24, 2.45) is 17.8 Å². The summed E-state index contributed by atoms with van der Waals surface area (Å²) in [5.74, 6) is 2.20. The maximum absolute atomic E-state index is 14.4. The first-order valence-electron chi connectivity index (χ1n) is 13.9. The van der Waals surface area contributed by atoms with Crippen LogP contribution in [-0.2, 0) is 4.74 Å². The molecule has 3 heterocycles. The van der Waals surface area contributed by atoms with Gasteiger partial charge in [-0.1, -0.05) is 12.1 Å². The van der Waals surface area contributed by atoms with Gasteiger partial charge in [-0.05, 0) is 104 Å². The lowest BCUT2D eigenvalue weighted by Crippen LogP contribution is -2.32. The summed E-state index contributed by atoms with van der Waals surface area (Å²) in [6.45, 7) is 9.24. The van der Waals surface area contributed by atoms with E-state index in [4.69, 9.17) is 4.74 Å². The summed E-state index contributed by atoms with van der Waals surface area (Å²) in [7, 11) is 0. The molecule has 1 aliphatic carbocycles. The van der Waals surface area contributed by atoms with Crippen LogP contribution in [0.2, 0.25) is 0 Å². The highest BCUT2D eigenvalue weighted by molar-refractivity contribution is 5.81. The lowest BCUT2D eigenvalue weighted by molar-refractivity contribution is 0.0545. The maximum Gasteiger partial charge on any atom is 0.156 e. The van der Waals surface area contributed by atoms with E-state index in [1.165, 1.54) is 50.7 Å². The molecule has 0 amide bonds. The van der Waals surface area contributed by atoms with Crippen LogP contribution >= 0.6 is 0 Å². The van der Waals surface area contributed by atoms with E-state index < -0.39 is 0 Å². The van der Waals surface area contributed by atoms with Crippen LogP contribution in [0.1, 0.15) is 36.8 Å². The van der Waals surface area contributed by atoms with Gasteiger partial charge in [0.05, 0.1) is 5.69 Å². The Morgan fingerprint density at radius 3 is 2.16 bits per heavy atom. The Balaban J connectivity index is 1.22. The minimum atomic E-state index is -0.318. The summed E-state index contributed by atoms with van der Waals surface area (Å²) in [6, 6.07) is 11.7. The standard InChI is InChI=1S/C31H36F2N4O/c1-19-3-5-24(32)13-27(19)29-15-30(28-14-25(33)6-4-20(28)2)35-36-31(29)34-26-11-22-17-37(18-23(22)12-26)16-21-7-9-38-10-8-21/h3-6,13-15,21-23,26H,7-12,16-18H2,1-2H3,(H,34,36)/t22-,23+,26?. The van der Waals surface area contributed by atoms with Crippen molar-refractivity contribution in [1.82, 2.24) is 15.1 Å². The monoisotopic (exact) mass is 518 g/mol. The number of rotatable bonds is 6. The molecule has 2 aromatic carbocycles. The third-order valence-electron chi connectivity index (χ3n) is 8.78. The highest BCUT2D eigenvalue weighted by atomic mass is 19.1. The largest absolute Gasteiger partial charge is 0.381 e. The highest BCUT2D eigenvalue weighted by Gasteiger charge is 2.41. The van der Waals surface area contributed by atoms with Crippen LogP contribution in [0.4, 0.5) is 14.6 Å². The molecule has 2 aliphatic heterocycles. The van der Waals surface area contributed by atoms with E-state index in [1.54, 1.807) is 18.2 Å². The zero-order valence-corrected chi connectivity index (χ0v) is 22.2. The second kappa shape index (κ2) is 10.7.